The van der Waals surface area contributed by atoms with Crippen LogP contribution in [0.3, 0.4) is 0 Å². The van der Waals surface area contributed by atoms with E-state index in [9.17, 15) is 9.18 Å². The van der Waals surface area contributed by atoms with Gasteiger partial charge in [-0.2, -0.15) is 4.37 Å². The standard InChI is InChI=1S/C14H15FN2O2S/c1-8-7-11(15)4-3-10(8)5-6-16-13-12(14(18)19)9(2)17-20-13/h3-4,7,16H,5-6H2,1-2H3,(H,18,19). The SMILES string of the molecule is Cc1cc(F)ccc1CCNc1snc(C)c1C(=O)O. The lowest BCUT2D eigenvalue weighted by atomic mass is 10.1. The van der Waals surface area contributed by atoms with Gasteiger partial charge in [-0.25, -0.2) is 9.18 Å². The average Bonchev–Trinajstić information content (AvgIpc) is 2.73. The van der Waals surface area contributed by atoms with Gasteiger partial charge in [0.2, 0.25) is 0 Å². The van der Waals surface area contributed by atoms with E-state index in [4.69, 9.17) is 5.11 Å². The van der Waals surface area contributed by atoms with Crippen LogP contribution in [0, 0.1) is 19.7 Å². The molecule has 0 aliphatic rings. The maximum atomic E-state index is 13.0. The number of hydrogen-bond donors (Lipinski definition) is 2. The molecule has 2 N–H and O–H groups in total. The largest absolute Gasteiger partial charge is 0.478 e. The van der Waals surface area contributed by atoms with Gasteiger partial charge in [0.1, 0.15) is 16.4 Å². The number of hydrogen-bond acceptors (Lipinski definition) is 4. The van der Waals surface area contributed by atoms with Gasteiger partial charge < -0.3 is 10.4 Å². The minimum atomic E-state index is -0.975. The summed E-state index contributed by atoms with van der Waals surface area (Å²) in [5.41, 5.74) is 2.68. The molecule has 1 heterocycles. The molecule has 0 atom stereocenters. The summed E-state index contributed by atoms with van der Waals surface area (Å²) < 4.78 is 17.0. The Morgan fingerprint density at radius 1 is 1.45 bits per heavy atom. The molecule has 6 heteroatoms. The Hall–Kier alpha value is -1.95. The van der Waals surface area contributed by atoms with Crippen molar-refractivity contribution in [1.82, 2.24) is 4.37 Å². The zero-order valence-electron chi connectivity index (χ0n) is 11.2. The van der Waals surface area contributed by atoms with Crippen molar-refractivity contribution in [2.24, 2.45) is 0 Å². The highest BCUT2D eigenvalue weighted by atomic mass is 32.1. The molecule has 1 aromatic carbocycles. The van der Waals surface area contributed by atoms with Crippen LogP contribution in [0.1, 0.15) is 27.2 Å². The molecule has 0 amide bonds. The van der Waals surface area contributed by atoms with E-state index in [2.05, 4.69) is 9.69 Å². The highest BCUT2D eigenvalue weighted by molar-refractivity contribution is 7.10. The maximum Gasteiger partial charge on any atom is 0.340 e. The Bertz CT molecular complexity index is 640. The number of nitrogens with one attached hydrogen (secondary N) is 1. The molecule has 0 aliphatic heterocycles. The predicted molar refractivity (Wildman–Crippen MR) is 77.1 cm³/mol. The van der Waals surface area contributed by atoms with Crippen LogP contribution < -0.4 is 5.32 Å². The van der Waals surface area contributed by atoms with Crippen LogP contribution in [0.25, 0.3) is 0 Å². The van der Waals surface area contributed by atoms with Crippen LogP contribution in [-0.4, -0.2) is 22.0 Å². The number of carboxylic acids is 1. The Morgan fingerprint density at radius 2 is 2.20 bits per heavy atom. The molecule has 2 aromatic rings. The first-order chi connectivity index (χ1) is 9.49. The third kappa shape index (κ3) is 3.14. The minimum absolute atomic E-state index is 0.228. The molecule has 0 aliphatic carbocycles. The summed E-state index contributed by atoms with van der Waals surface area (Å²) in [4.78, 5) is 11.1. The van der Waals surface area contributed by atoms with Gasteiger partial charge in [-0.05, 0) is 55.1 Å². The molecular formula is C14H15FN2O2S. The van der Waals surface area contributed by atoms with E-state index < -0.39 is 5.97 Å². The molecule has 0 radical (unpaired) electrons. The van der Waals surface area contributed by atoms with Crippen LogP contribution in [-0.2, 0) is 6.42 Å². The number of aryl methyl sites for hydroxylation is 2. The van der Waals surface area contributed by atoms with Crippen molar-refractivity contribution in [3.63, 3.8) is 0 Å². The number of benzene rings is 1. The number of halogens is 1. The van der Waals surface area contributed by atoms with Gasteiger partial charge in [0.05, 0.1) is 5.69 Å². The Balaban J connectivity index is 2.01. The van der Waals surface area contributed by atoms with Crippen molar-refractivity contribution in [2.75, 3.05) is 11.9 Å². The van der Waals surface area contributed by atoms with E-state index in [0.717, 1.165) is 22.7 Å². The van der Waals surface area contributed by atoms with E-state index in [-0.39, 0.29) is 11.4 Å². The fourth-order valence-electron chi connectivity index (χ4n) is 1.99. The highest BCUT2D eigenvalue weighted by Crippen LogP contribution is 2.24. The van der Waals surface area contributed by atoms with Crippen LogP contribution in [0.2, 0.25) is 0 Å². The lowest BCUT2D eigenvalue weighted by Crippen LogP contribution is -2.08. The third-order valence-corrected chi connectivity index (χ3v) is 3.96. The van der Waals surface area contributed by atoms with Crippen molar-refractivity contribution >= 4 is 22.5 Å². The molecule has 0 unspecified atom stereocenters. The number of nitrogens with zero attached hydrogens (tertiary/aromatic N) is 1. The zero-order chi connectivity index (χ0) is 14.7. The molecule has 0 bridgehead atoms. The molecule has 20 heavy (non-hydrogen) atoms. The van der Waals surface area contributed by atoms with Gasteiger partial charge in [-0.3, -0.25) is 0 Å². The van der Waals surface area contributed by atoms with Gasteiger partial charge >= 0.3 is 5.97 Å². The van der Waals surface area contributed by atoms with E-state index in [1.54, 1.807) is 13.0 Å². The maximum absolute atomic E-state index is 13.0. The monoisotopic (exact) mass is 294 g/mol. The van der Waals surface area contributed by atoms with E-state index >= 15 is 0 Å². The van der Waals surface area contributed by atoms with Crippen molar-refractivity contribution in [1.29, 1.82) is 0 Å². The fraction of sp³-hybridized carbons (Fsp3) is 0.286. The lowest BCUT2D eigenvalue weighted by Gasteiger charge is -2.07. The molecule has 1 aromatic heterocycles. The summed E-state index contributed by atoms with van der Waals surface area (Å²) in [5.74, 6) is -1.22. The second-order valence-electron chi connectivity index (χ2n) is 4.52. The molecule has 106 valence electrons. The first kappa shape index (κ1) is 14.5. The summed E-state index contributed by atoms with van der Waals surface area (Å²) in [6, 6.07) is 4.68. The molecular weight excluding hydrogens is 279 g/mol. The summed E-state index contributed by atoms with van der Waals surface area (Å²) in [5, 5.41) is 12.8. The van der Waals surface area contributed by atoms with Gasteiger partial charge in [0.15, 0.2) is 0 Å². The van der Waals surface area contributed by atoms with Gasteiger partial charge in [0.25, 0.3) is 0 Å². The minimum Gasteiger partial charge on any atom is -0.478 e. The summed E-state index contributed by atoms with van der Waals surface area (Å²) in [6.07, 6.45) is 0.697. The second-order valence-corrected chi connectivity index (χ2v) is 5.30. The normalized spacial score (nSPS) is 10.6. The Kier molecular flexibility index (Phi) is 4.34. The molecule has 0 spiro atoms. The smallest absolute Gasteiger partial charge is 0.340 e. The number of anilines is 1. The van der Waals surface area contributed by atoms with Crippen LogP contribution >= 0.6 is 11.5 Å². The number of aromatic nitrogens is 1. The Morgan fingerprint density at radius 3 is 2.85 bits per heavy atom. The van der Waals surface area contributed by atoms with Gasteiger partial charge in [-0.15, -0.1) is 0 Å². The van der Waals surface area contributed by atoms with E-state index in [1.807, 2.05) is 6.92 Å². The molecule has 4 nitrogen and oxygen atoms in total. The summed E-state index contributed by atoms with van der Waals surface area (Å²) in [6.45, 7) is 4.11. The van der Waals surface area contributed by atoms with Crippen molar-refractivity contribution < 1.29 is 14.3 Å². The number of rotatable bonds is 5. The van der Waals surface area contributed by atoms with Crippen LogP contribution in [0.15, 0.2) is 18.2 Å². The quantitative estimate of drug-likeness (QED) is 0.888. The number of carboxylic acid groups (broad SMARTS) is 1. The predicted octanol–water partition coefficient (Wildman–Crippen LogP) is 3.25. The topological polar surface area (TPSA) is 62.2 Å². The molecule has 0 saturated carbocycles. The first-order valence-electron chi connectivity index (χ1n) is 6.17. The number of carbonyl (C=O) groups is 1. The van der Waals surface area contributed by atoms with Gasteiger partial charge in [0, 0.05) is 6.54 Å². The van der Waals surface area contributed by atoms with E-state index in [0.29, 0.717) is 23.7 Å². The molecule has 0 fully saturated rings. The van der Waals surface area contributed by atoms with Crippen molar-refractivity contribution in [2.45, 2.75) is 20.3 Å². The van der Waals surface area contributed by atoms with Crippen molar-refractivity contribution in [3.05, 3.63) is 46.4 Å². The molecule has 2 rings (SSSR count). The lowest BCUT2D eigenvalue weighted by molar-refractivity contribution is 0.0697. The Labute approximate surface area is 120 Å². The first-order valence-corrected chi connectivity index (χ1v) is 6.95. The third-order valence-electron chi connectivity index (χ3n) is 3.06. The van der Waals surface area contributed by atoms with Crippen molar-refractivity contribution in [3.8, 4) is 0 Å². The molecule has 0 saturated heterocycles. The zero-order valence-corrected chi connectivity index (χ0v) is 12.1. The fourth-order valence-corrected chi connectivity index (χ4v) is 2.81. The number of aromatic carboxylic acids is 1. The van der Waals surface area contributed by atoms with Crippen LogP contribution in [0.4, 0.5) is 9.39 Å². The van der Waals surface area contributed by atoms with E-state index in [1.165, 1.54) is 12.1 Å². The summed E-state index contributed by atoms with van der Waals surface area (Å²) in [7, 11) is 0. The summed E-state index contributed by atoms with van der Waals surface area (Å²) >= 11 is 1.14. The second kappa shape index (κ2) is 6.00. The van der Waals surface area contributed by atoms with Crippen LogP contribution in [0.5, 0.6) is 0 Å². The average molecular weight is 294 g/mol. The van der Waals surface area contributed by atoms with Gasteiger partial charge in [-0.1, -0.05) is 6.07 Å². The highest BCUT2D eigenvalue weighted by Gasteiger charge is 2.16.